The molecule has 0 spiro atoms. The van der Waals surface area contributed by atoms with E-state index in [-0.39, 0.29) is 11.3 Å². The number of rotatable bonds is 2. The number of halogens is 1. The minimum absolute atomic E-state index is 0.117. The number of nitrogens with two attached hydrogens (primary N) is 1. The molecule has 0 aliphatic carbocycles. The molecule has 2 aromatic carbocycles. The second-order valence-electron chi connectivity index (χ2n) is 4.33. The van der Waals surface area contributed by atoms with Crippen LogP contribution in [0.25, 0.3) is 0 Å². The highest BCUT2D eigenvalue weighted by atomic mass is 35.5. The maximum Gasteiger partial charge on any atom is 0.316 e. The number of benzene rings is 2. The van der Waals surface area contributed by atoms with E-state index in [9.17, 15) is 14.4 Å². The van der Waals surface area contributed by atoms with E-state index in [0.29, 0.717) is 10.7 Å². The van der Waals surface area contributed by atoms with Gasteiger partial charge in [0.15, 0.2) is 0 Å². The zero-order chi connectivity index (χ0) is 16.1. The van der Waals surface area contributed by atoms with Crippen molar-refractivity contribution in [1.82, 2.24) is 5.32 Å². The molecule has 0 fully saturated rings. The first-order chi connectivity index (χ1) is 10.5. The number of amides is 3. The smallest absolute Gasteiger partial charge is 0.316 e. The van der Waals surface area contributed by atoms with Gasteiger partial charge in [-0.2, -0.15) is 0 Å². The zero-order valence-electron chi connectivity index (χ0n) is 11.3. The van der Waals surface area contributed by atoms with E-state index in [4.69, 9.17) is 17.3 Å². The Morgan fingerprint density at radius 1 is 0.955 bits per heavy atom. The van der Waals surface area contributed by atoms with Crippen LogP contribution in [0.4, 0.5) is 11.4 Å². The lowest BCUT2D eigenvalue weighted by Crippen LogP contribution is -2.39. The van der Waals surface area contributed by atoms with Gasteiger partial charge in [0.2, 0.25) is 0 Å². The molecular weight excluding hydrogens is 306 g/mol. The fourth-order valence-electron chi connectivity index (χ4n) is 1.69. The summed E-state index contributed by atoms with van der Waals surface area (Å²) in [6.07, 6.45) is 0. The zero-order valence-corrected chi connectivity index (χ0v) is 12.1. The van der Waals surface area contributed by atoms with E-state index in [1.54, 1.807) is 30.3 Å². The third-order valence-corrected chi connectivity index (χ3v) is 2.96. The van der Waals surface area contributed by atoms with Crippen LogP contribution in [0.1, 0.15) is 10.4 Å². The average Bonchev–Trinajstić information content (AvgIpc) is 2.47. The van der Waals surface area contributed by atoms with Gasteiger partial charge in [0.05, 0.1) is 5.56 Å². The van der Waals surface area contributed by atoms with Gasteiger partial charge in [-0.25, -0.2) is 0 Å². The quantitative estimate of drug-likeness (QED) is 0.581. The predicted octanol–water partition coefficient (Wildman–Crippen LogP) is 1.82. The highest BCUT2D eigenvalue weighted by Crippen LogP contribution is 2.14. The molecule has 2 rings (SSSR count). The summed E-state index contributed by atoms with van der Waals surface area (Å²) in [6, 6.07) is 12.5. The molecule has 0 aromatic heterocycles. The third-order valence-electron chi connectivity index (χ3n) is 2.72. The topological polar surface area (TPSA) is 101 Å². The van der Waals surface area contributed by atoms with Gasteiger partial charge in [0, 0.05) is 16.4 Å². The number of hydrogen-bond acceptors (Lipinski definition) is 4. The second kappa shape index (κ2) is 6.73. The predicted molar refractivity (Wildman–Crippen MR) is 83.4 cm³/mol. The van der Waals surface area contributed by atoms with Crippen molar-refractivity contribution in [2.75, 3.05) is 11.1 Å². The Kier molecular flexibility index (Phi) is 4.75. The summed E-state index contributed by atoms with van der Waals surface area (Å²) < 4.78 is 0. The molecule has 0 bridgehead atoms. The van der Waals surface area contributed by atoms with E-state index in [1.807, 2.05) is 5.32 Å². The molecule has 3 amide bonds. The van der Waals surface area contributed by atoms with E-state index < -0.39 is 17.7 Å². The SMILES string of the molecule is Nc1ccccc1C(=O)NC(=O)C(=O)Nc1cccc(Cl)c1. The lowest BCUT2D eigenvalue weighted by molar-refractivity contribution is -0.135. The minimum Gasteiger partial charge on any atom is -0.398 e. The average molecular weight is 318 g/mol. The summed E-state index contributed by atoms with van der Waals surface area (Å²) in [5, 5.41) is 4.71. The summed E-state index contributed by atoms with van der Waals surface area (Å²) in [6.45, 7) is 0. The van der Waals surface area contributed by atoms with Crippen LogP contribution in [0, 0.1) is 0 Å². The van der Waals surface area contributed by atoms with Gasteiger partial charge in [-0.05, 0) is 30.3 Å². The largest absolute Gasteiger partial charge is 0.398 e. The van der Waals surface area contributed by atoms with E-state index in [1.165, 1.54) is 18.2 Å². The lowest BCUT2D eigenvalue weighted by Gasteiger charge is -2.07. The summed E-state index contributed by atoms with van der Waals surface area (Å²) in [7, 11) is 0. The lowest BCUT2D eigenvalue weighted by atomic mass is 10.1. The Labute approximate surface area is 131 Å². The van der Waals surface area contributed by atoms with Crippen LogP contribution in [-0.4, -0.2) is 17.7 Å². The number of carbonyl (C=O) groups is 3. The monoisotopic (exact) mass is 317 g/mol. The van der Waals surface area contributed by atoms with Crippen molar-refractivity contribution in [2.24, 2.45) is 0 Å². The van der Waals surface area contributed by atoms with Crippen LogP contribution < -0.4 is 16.4 Å². The number of nitrogens with one attached hydrogen (secondary N) is 2. The molecule has 0 aliphatic rings. The Morgan fingerprint density at radius 3 is 2.36 bits per heavy atom. The van der Waals surface area contributed by atoms with Crippen molar-refractivity contribution >= 4 is 40.7 Å². The molecule has 0 saturated carbocycles. The first-order valence-corrected chi connectivity index (χ1v) is 6.62. The number of imide groups is 1. The van der Waals surface area contributed by atoms with Crippen LogP contribution in [-0.2, 0) is 9.59 Å². The molecule has 6 nitrogen and oxygen atoms in total. The Balaban J connectivity index is 2.01. The summed E-state index contributed by atoms with van der Waals surface area (Å²) >= 11 is 5.77. The summed E-state index contributed by atoms with van der Waals surface area (Å²) in [5.41, 5.74) is 6.30. The molecule has 0 atom stereocenters. The molecular formula is C15H12ClN3O3. The number of hydrogen-bond donors (Lipinski definition) is 3. The Bertz CT molecular complexity index is 746. The van der Waals surface area contributed by atoms with Crippen LogP contribution in [0.15, 0.2) is 48.5 Å². The molecule has 4 N–H and O–H groups in total. The number of nitrogen functional groups attached to an aromatic ring is 1. The molecule has 0 heterocycles. The second-order valence-corrected chi connectivity index (χ2v) is 4.77. The first kappa shape index (κ1) is 15.5. The molecule has 22 heavy (non-hydrogen) atoms. The number of anilines is 2. The van der Waals surface area contributed by atoms with E-state index in [2.05, 4.69) is 5.32 Å². The van der Waals surface area contributed by atoms with Gasteiger partial charge < -0.3 is 11.1 Å². The van der Waals surface area contributed by atoms with E-state index in [0.717, 1.165) is 0 Å². The van der Waals surface area contributed by atoms with Gasteiger partial charge in [-0.15, -0.1) is 0 Å². The number of carbonyl (C=O) groups excluding carboxylic acids is 3. The Hall–Kier alpha value is -2.86. The molecule has 112 valence electrons. The molecule has 0 aliphatic heterocycles. The van der Waals surface area contributed by atoms with Gasteiger partial charge in [0.25, 0.3) is 5.91 Å². The van der Waals surface area contributed by atoms with Gasteiger partial charge in [0.1, 0.15) is 0 Å². The molecule has 0 radical (unpaired) electrons. The maximum absolute atomic E-state index is 11.9. The van der Waals surface area contributed by atoms with Crippen LogP contribution >= 0.6 is 11.6 Å². The van der Waals surface area contributed by atoms with Crippen molar-refractivity contribution in [3.8, 4) is 0 Å². The fraction of sp³-hybridized carbons (Fsp3) is 0. The summed E-state index contributed by atoms with van der Waals surface area (Å²) in [4.78, 5) is 35.3. The molecule has 0 unspecified atom stereocenters. The fourth-order valence-corrected chi connectivity index (χ4v) is 1.88. The Morgan fingerprint density at radius 2 is 1.68 bits per heavy atom. The van der Waals surface area contributed by atoms with Crippen molar-refractivity contribution < 1.29 is 14.4 Å². The third kappa shape index (κ3) is 3.83. The van der Waals surface area contributed by atoms with Crippen molar-refractivity contribution in [2.45, 2.75) is 0 Å². The van der Waals surface area contributed by atoms with Crippen molar-refractivity contribution in [1.29, 1.82) is 0 Å². The van der Waals surface area contributed by atoms with Gasteiger partial charge >= 0.3 is 11.8 Å². The number of para-hydroxylation sites is 1. The van der Waals surface area contributed by atoms with Gasteiger partial charge in [-0.3, -0.25) is 19.7 Å². The molecule has 2 aromatic rings. The normalized spacial score (nSPS) is 9.86. The molecule has 0 saturated heterocycles. The van der Waals surface area contributed by atoms with E-state index >= 15 is 0 Å². The van der Waals surface area contributed by atoms with Crippen LogP contribution in [0.2, 0.25) is 5.02 Å². The molecule has 7 heteroatoms. The van der Waals surface area contributed by atoms with Crippen LogP contribution in [0.5, 0.6) is 0 Å². The highest BCUT2D eigenvalue weighted by molar-refractivity contribution is 6.42. The van der Waals surface area contributed by atoms with Crippen LogP contribution in [0.3, 0.4) is 0 Å². The van der Waals surface area contributed by atoms with Crippen molar-refractivity contribution in [3.63, 3.8) is 0 Å². The minimum atomic E-state index is -1.09. The summed E-state index contributed by atoms with van der Waals surface area (Å²) in [5.74, 6) is -2.82. The van der Waals surface area contributed by atoms with Crippen molar-refractivity contribution in [3.05, 3.63) is 59.1 Å². The maximum atomic E-state index is 11.9. The standard InChI is InChI=1S/C15H12ClN3O3/c16-9-4-3-5-10(8-9)18-14(21)15(22)19-13(20)11-6-1-2-7-12(11)17/h1-8H,17H2,(H,18,21)(H,19,20,22). The first-order valence-electron chi connectivity index (χ1n) is 6.24. The van der Waals surface area contributed by atoms with Gasteiger partial charge in [-0.1, -0.05) is 29.8 Å². The highest BCUT2D eigenvalue weighted by Gasteiger charge is 2.19.